The molecule has 2 aliphatic heterocycles. The summed E-state index contributed by atoms with van der Waals surface area (Å²) in [4.78, 5) is 29.2. The zero-order chi connectivity index (χ0) is 22.2. The van der Waals surface area contributed by atoms with Crippen LogP contribution in [0.4, 0.5) is 4.79 Å². The summed E-state index contributed by atoms with van der Waals surface area (Å²) in [6.45, 7) is 5.30. The molecule has 0 bridgehead atoms. The Hall–Kier alpha value is -2.33. The van der Waals surface area contributed by atoms with Gasteiger partial charge in [-0.25, -0.2) is 18.0 Å². The summed E-state index contributed by atoms with van der Waals surface area (Å²) in [5.74, 6) is 0. The molecule has 2 fully saturated rings. The second-order valence-electron chi connectivity index (χ2n) is 8.35. The number of ether oxygens (including phenoxy) is 1. The molecule has 0 N–H and O–H groups in total. The van der Waals surface area contributed by atoms with Gasteiger partial charge in [0.2, 0.25) is 10.0 Å². The van der Waals surface area contributed by atoms with Gasteiger partial charge in [0, 0.05) is 38.3 Å². The van der Waals surface area contributed by atoms with Crippen molar-refractivity contribution in [3.8, 4) is 0 Å². The predicted octanol–water partition coefficient (Wildman–Crippen LogP) is 1.87. The second kappa shape index (κ2) is 8.66. The van der Waals surface area contributed by atoms with Gasteiger partial charge >= 0.3 is 11.8 Å². The highest BCUT2D eigenvalue weighted by Crippen LogP contribution is 2.29. The van der Waals surface area contributed by atoms with E-state index in [9.17, 15) is 18.0 Å². The molecular weight excluding hydrogens is 420 g/mol. The van der Waals surface area contributed by atoms with E-state index in [0.717, 1.165) is 49.0 Å². The maximum atomic E-state index is 13.1. The molecule has 170 valence electrons. The summed E-state index contributed by atoms with van der Waals surface area (Å²) in [7, 11) is -3.69. The van der Waals surface area contributed by atoms with Crippen molar-refractivity contribution in [2.45, 2.75) is 44.7 Å². The number of aromatic nitrogens is 2. The van der Waals surface area contributed by atoms with Crippen LogP contribution < -0.4 is 5.69 Å². The highest BCUT2D eigenvalue weighted by molar-refractivity contribution is 7.89. The van der Waals surface area contributed by atoms with Crippen molar-refractivity contribution < 1.29 is 17.9 Å². The van der Waals surface area contributed by atoms with Gasteiger partial charge in [-0.3, -0.25) is 4.57 Å². The van der Waals surface area contributed by atoms with E-state index in [2.05, 4.69) is 4.90 Å². The fourth-order valence-corrected chi connectivity index (χ4v) is 5.84. The van der Waals surface area contributed by atoms with Gasteiger partial charge in [0.25, 0.3) is 0 Å². The van der Waals surface area contributed by atoms with Crippen molar-refractivity contribution in [3.63, 3.8) is 0 Å². The van der Waals surface area contributed by atoms with Gasteiger partial charge in [0.1, 0.15) is 0 Å². The quantitative estimate of drug-likeness (QED) is 0.706. The van der Waals surface area contributed by atoms with E-state index in [1.165, 1.54) is 0 Å². The zero-order valence-corrected chi connectivity index (χ0v) is 18.9. The van der Waals surface area contributed by atoms with Gasteiger partial charge in [-0.2, -0.15) is 3.97 Å². The highest BCUT2D eigenvalue weighted by atomic mass is 32.2. The fourth-order valence-electron chi connectivity index (χ4n) is 4.95. The molecule has 2 aromatic rings. The molecule has 1 aromatic heterocycles. The number of rotatable bonds is 4. The number of hydrogen-bond acceptors (Lipinski definition) is 6. The molecule has 1 aromatic carbocycles. The largest absolute Gasteiger partial charge is 0.450 e. The lowest BCUT2D eigenvalue weighted by atomic mass is 9.97. The topological polar surface area (TPSA) is 93.8 Å². The van der Waals surface area contributed by atoms with Crippen LogP contribution in [0.1, 0.15) is 38.6 Å². The molecule has 2 aliphatic rings. The molecule has 31 heavy (non-hydrogen) atoms. The number of fused-ring (bicyclic) bond motifs is 1. The molecule has 0 spiro atoms. The average molecular weight is 451 g/mol. The minimum atomic E-state index is -3.69. The molecule has 2 saturated heterocycles. The second-order valence-corrected chi connectivity index (χ2v) is 10.2. The Kier molecular flexibility index (Phi) is 6.11. The van der Waals surface area contributed by atoms with E-state index in [4.69, 9.17) is 4.74 Å². The Morgan fingerprint density at radius 3 is 2.16 bits per heavy atom. The molecule has 1 amide bonds. The lowest BCUT2D eigenvalue weighted by molar-refractivity contribution is 0.0625. The van der Waals surface area contributed by atoms with Gasteiger partial charge < -0.3 is 14.5 Å². The molecule has 0 saturated carbocycles. The first-order chi connectivity index (χ1) is 14.8. The lowest BCUT2D eigenvalue weighted by Crippen LogP contribution is -2.49. The van der Waals surface area contributed by atoms with E-state index >= 15 is 0 Å². The van der Waals surface area contributed by atoms with Gasteiger partial charge in [-0.05, 0) is 44.7 Å². The third kappa shape index (κ3) is 4.23. The molecule has 0 atom stereocenters. The van der Waals surface area contributed by atoms with Crippen LogP contribution in [0.25, 0.3) is 11.0 Å². The normalized spacial score (nSPS) is 19.7. The monoisotopic (exact) mass is 450 g/mol. The summed E-state index contributed by atoms with van der Waals surface area (Å²) < 4.78 is 32.2. The Labute approximate surface area is 182 Å². The van der Waals surface area contributed by atoms with Crippen molar-refractivity contribution in [2.75, 3.05) is 39.0 Å². The number of carbonyl (C=O) groups is 1. The fraction of sp³-hybridized carbons (Fsp3) is 0.619. The smallest absolute Gasteiger partial charge is 0.409 e. The number of piperidine rings is 2. The summed E-state index contributed by atoms with van der Waals surface area (Å²) in [5.41, 5.74) is 0.618. The van der Waals surface area contributed by atoms with Crippen LogP contribution in [0.5, 0.6) is 0 Å². The average Bonchev–Trinajstić information content (AvgIpc) is 3.06. The number of hydrogen-bond donors (Lipinski definition) is 0. The number of carbonyl (C=O) groups excluding carboxylic acids is 1. The minimum absolute atomic E-state index is 0.0312. The number of para-hydroxylation sites is 2. The standard InChI is InChI=1S/C21H30N4O5S/c1-3-30-21(27)23-14-8-16(9-15-23)22-12-10-17(11-13-22)24-18-6-4-5-7-19(18)25(20(24)26)31(2,28)29/h4-7,16-17H,3,8-15H2,1-2H3. The van der Waals surface area contributed by atoms with Crippen LogP contribution in [-0.4, -0.2) is 77.9 Å². The molecule has 3 heterocycles. The number of amides is 1. The lowest BCUT2D eigenvalue weighted by Gasteiger charge is -2.41. The van der Waals surface area contributed by atoms with Crippen LogP contribution in [0.15, 0.2) is 29.1 Å². The van der Waals surface area contributed by atoms with Crippen LogP contribution in [-0.2, 0) is 14.8 Å². The number of nitrogens with zero attached hydrogens (tertiary/aromatic N) is 4. The first kappa shape index (κ1) is 21.9. The zero-order valence-electron chi connectivity index (χ0n) is 18.1. The first-order valence-electron chi connectivity index (χ1n) is 10.9. The van der Waals surface area contributed by atoms with Crippen molar-refractivity contribution >= 4 is 27.1 Å². The Bertz CT molecular complexity index is 1110. The van der Waals surface area contributed by atoms with Crippen LogP contribution in [0.2, 0.25) is 0 Å². The molecule has 9 nitrogen and oxygen atoms in total. The summed E-state index contributed by atoms with van der Waals surface area (Å²) in [6, 6.07) is 7.46. The number of benzene rings is 1. The van der Waals surface area contributed by atoms with E-state index in [-0.39, 0.29) is 12.1 Å². The van der Waals surface area contributed by atoms with Crippen LogP contribution in [0, 0.1) is 0 Å². The predicted molar refractivity (Wildman–Crippen MR) is 118 cm³/mol. The van der Waals surface area contributed by atoms with Crippen molar-refractivity contribution in [1.29, 1.82) is 0 Å². The molecule has 0 aliphatic carbocycles. The summed E-state index contributed by atoms with van der Waals surface area (Å²) >= 11 is 0. The Morgan fingerprint density at radius 1 is 1.00 bits per heavy atom. The summed E-state index contributed by atoms with van der Waals surface area (Å²) in [5, 5.41) is 0. The van der Waals surface area contributed by atoms with Crippen LogP contribution >= 0.6 is 0 Å². The van der Waals surface area contributed by atoms with Crippen molar-refractivity contribution in [1.82, 2.24) is 18.3 Å². The summed E-state index contributed by atoms with van der Waals surface area (Å²) in [6.07, 6.45) is 4.23. The van der Waals surface area contributed by atoms with E-state index < -0.39 is 15.7 Å². The Morgan fingerprint density at radius 2 is 1.58 bits per heavy atom. The SMILES string of the molecule is CCOC(=O)N1CCC(N2CCC(n3c(=O)n(S(C)(=O)=O)c4ccccc43)CC2)CC1. The third-order valence-electron chi connectivity index (χ3n) is 6.44. The van der Waals surface area contributed by atoms with Crippen LogP contribution in [0.3, 0.4) is 0 Å². The molecule has 0 radical (unpaired) electrons. The van der Waals surface area contributed by atoms with E-state index in [1.54, 1.807) is 21.6 Å². The third-order valence-corrected chi connectivity index (χ3v) is 7.46. The number of likely N-dealkylation sites (tertiary alicyclic amines) is 2. The van der Waals surface area contributed by atoms with Gasteiger partial charge in [-0.15, -0.1) is 0 Å². The van der Waals surface area contributed by atoms with Gasteiger partial charge in [0.15, 0.2) is 0 Å². The molecule has 4 rings (SSSR count). The van der Waals surface area contributed by atoms with E-state index in [1.807, 2.05) is 19.1 Å². The van der Waals surface area contributed by atoms with E-state index in [0.29, 0.717) is 36.8 Å². The maximum Gasteiger partial charge on any atom is 0.409 e. The maximum absolute atomic E-state index is 13.1. The van der Waals surface area contributed by atoms with Gasteiger partial charge in [0.05, 0.1) is 23.9 Å². The molecule has 10 heteroatoms. The Balaban J connectivity index is 1.46. The number of imidazole rings is 1. The molecule has 0 unspecified atom stereocenters. The van der Waals surface area contributed by atoms with Crippen molar-refractivity contribution in [2.24, 2.45) is 0 Å². The minimum Gasteiger partial charge on any atom is -0.450 e. The molecular formula is C21H30N4O5S. The van der Waals surface area contributed by atoms with Gasteiger partial charge in [-0.1, -0.05) is 12.1 Å². The highest BCUT2D eigenvalue weighted by Gasteiger charge is 2.32. The van der Waals surface area contributed by atoms with Crippen molar-refractivity contribution in [3.05, 3.63) is 34.7 Å². The first-order valence-corrected chi connectivity index (χ1v) is 12.7.